The first kappa shape index (κ1) is 22.7. The molecular formula is C23H20BrN3O6. The molecule has 9 nitrogen and oxygen atoms in total. The molecule has 0 radical (unpaired) electrons. The number of ether oxygens (including phenoxy) is 1. The summed E-state index contributed by atoms with van der Waals surface area (Å²) in [4.78, 5) is 48.9. The van der Waals surface area contributed by atoms with Gasteiger partial charge in [-0.05, 0) is 70.2 Å². The average molecular weight is 514 g/mol. The molecular weight excluding hydrogens is 494 g/mol. The predicted molar refractivity (Wildman–Crippen MR) is 122 cm³/mol. The SMILES string of the molecule is O=C1NC(=O)N(C2CCCC2)C(=O)/C1=C/c1ccc(OCc2ccc([N+](=O)[O-])cc2)c(Br)c1. The number of hydrogen-bond acceptors (Lipinski definition) is 6. The normalized spacial score (nSPS) is 18.0. The van der Waals surface area contributed by atoms with Gasteiger partial charge < -0.3 is 4.74 Å². The Balaban J connectivity index is 1.48. The number of nitro benzene ring substituents is 1. The molecule has 2 aromatic rings. The molecule has 2 aromatic carbocycles. The van der Waals surface area contributed by atoms with Crippen LogP contribution >= 0.6 is 15.9 Å². The van der Waals surface area contributed by atoms with E-state index in [-0.39, 0.29) is 23.9 Å². The van der Waals surface area contributed by atoms with Gasteiger partial charge in [0.25, 0.3) is 17.5 Å². The average Bonchev–Trinajstić information content (AvgIpc) is 3.30. The second-order valence-corrected chi connectivity index (χ2v) is 8.69. The van der Waals surface area contributed by atoms with Crippen LogP contribution in [0.3, 0.4) is 0 Å². The Morgan fingerprint density at radius 1 is 1.12 bits per heavy atom. The molecule has 1 heterocycles. The van der Waals surface area contributed by atoms with Crippen molar-refractivity contribution in [1.29, 1.82) is 0 Å². The van der Waals surface area contributed by atoms with E-state index in [2.05, 4.69) is 21.2 Å². The van der Waals surface area contributed by atoms with Gasteiger partial charge in [-0.25, -0.2) is 4.79 Å². The van der Waals surface area contributed by atoms with E-state index in [9.17, 15) is 24.5 Å². The van der Waals surface area contributed by atoms with Gasteiger partial charge in [0.2, 0.25) is 0 Å². The smallest absolute Gasteiger partial charge is 0.331 e. The van der Waals surface area contributed by atoms with E-state index in [1.165, 1.54) is 18.2 Å². The molecule has 4 amide bonds. The van der Waals surface area contributed by atoms with Gasteiger partial charge in [-0.3, -0.25) is 29.9 Å². The Morgan fingerprint density at radius 2 is 1.82 bits per heavy atom. The zero-order chi connectivity index (χ0) is 23.5. The first-order valence-corrected chi connectivity index (χ1v) is 11.2. The van der Waals surface area contributed by atoms with E-state index in [1.54, 1.807) is 30.3 Å². The first-order chi connectivity index (χ1) is 15.8. The van der Waals surface area contributed by atoms with Crippen LogP contribution in [0.15, 0.2) is 52.5 Å². The molecule has 1 aliphatic heterocycles. The summed E-state index contributed by atoms with van der Waals surface area (Å²) in [6.07, 6.45) is 4.84. The lowest BCUT2D eigenvalue weighted by atomic mass is 10.1. The maximum Gasteiger partial charge on any atom is 0.331 e. The molecule has 10 heteroatoms. The highest BCUT2D eigenvalue weighted by molar-refractivity contribution is 9.10. The van der Waals surface area contributed by atoms with Gasteiger partial charge in [0.05, 0.1) is 9.40 Å². The van der Waals surface area contributed by atoms with Gasteiger partial charge in [-0.2, -0.15) is 0 Å². The highest BCUT2D eigenvalue weighted by Crippen LogP contribution is 2.30. The van der Waals surface area contributed by atoms with Crippen LogP contribution in [0.5, 0.6) is 5.75 Å². The summed E-state index contributed by atoms with van der Waals surface area (Å²) in [6, 6.07) is 10.3. The van der Waals surface area contributed by atoms with E-state index in [4.69, 9.17) is 4.74 Å². The van der Waals surface area contributed by atoms with Crippen molar-refractivity contribution in [2.24, 2.45) is 0 Å². The Morgan fingerprint density at radius 3 is 2.45 bits per heavy atom. The van der Waals surface area contributed by atoms with Crippen LogP contribution in [0.4, 0.5) is 10.5 Å². The molecule has 0 spiro atoms. The summed E-state index contributed by atoms with van der Waals surface area (Å²) < 4.78 is 6.38. The molecule has 1 saturated heterocycles. The molecule has 4 rings (SSSR count). The number of amides is 4. The van der Waals surface area contributed by atoms with Crippen LogP contribution in [0, 0.1) is 10.1 Å². The molecule has 1 N–H and O–H groups in total. The number of rotatable bonds is 6. The molecule has 2 fully saturated rings. The quantitative estimate of drug-likeness (QED) is 0.265. The van der Waals surface area contributed by atoms with Gasteiger partial charge in [-0.1, -0.05) is 18.9 Å². The van der Waals surface area contributed by atoms with Crippen molar-refractivity contribution in [2.45, 2.75) is 38.3 Å². The maximum absolute atomic E-state index is 12.9. The maximum atomic E-state index is 12.9. The number of non-ortho nitro benzene ring substituents is 1. The minimum absolute atomic E-state index is 0.00631. The molecule has 0 unspecified atom stereocenters. The van der Waals surface area contributed by atoms with Crippen molar-refractivity contribution in [3.63, 3.8) is 0 Å². The fraction of sp³-hybridized carbons (Fsp3) is 0.261. The highest BCUT2D eigenvalue weighted by Gasteiger charge is 2.40. The van der Waals surface area contributed by atoms with Crippen LogP contribution in [0.1, 0.15) is 36.8 Å². The minimum Gasteiger partial charge on any atom is -0.488 e. The zero-order valence-electron chi connectivity index (χ0n) is 17.5. The number of benzene rings is 2. The lowest BCUT2D eigenvalue weighted by Crippen LogP contribution is -2.57. The molecule has 1 aliphatic carbocycles. The molecule has 1 saturated carbocycles. The third-order valence-corrected chi connectivity index (χ3v) is 6.25. The number of imide groups is 2. The van der Waals surface area contributed by atoms with Crippen molar-refractivity contribution in [3.8, 4) is 5.75 Å². The monoisotopic (exact) mass is 513 g/mol. The largest absolute Gasteiger partial charge is 0.488 e. The number of carbonyl (C=O) groups is 3. The third kappa shape index (κ3) is 4.95. The highest BCUT2D eigenvalue weighted by atomic mass is 79.9. The number of hydrogen-bond donors (Lipinski definition) is 1. The Kier molecular flexibility index (Phi) is 6.55. The lowest BCUT2D eigenvalue weighted by molar-refractivity contribution is -0.384. The fourth-order valence-corrected chi connectivity index (χ4v) is 4.44. The molecule has 170 valence electrons. The van der Waals surface area contributed by atoms with Crippen molar-refractivity contribution in [2.75, 3.05) is 0 Å². The number of nitrogens with one attached hydrogen (secondary N) is 1. The summed E-state index contributed by atoms with van der Waals surface area (Å²) in [7, 11) is 0. The summed E-state index contributed by atoms with van der Waals surface area (Å²) in [5.41, 5.74) is 1.27. The van der Waals surface area contributed by atoms with Crippen LogP contribution in [-0.2, 0) is 16.2 Å². The van der Waals surface area contributed by atoms with E-state index < -0.39 is 22.8 Å². The summed E-state index contributed by atoms with van der Waals surface area (Å²) in [6.45, 7) is 0.205. The van der Waals surface area contributed by atoms with Gasteiger partial charge >= 0.3 is 6.03 Å². The second-order valence-electron chi connectivity index (χ2n) is 7.83. The topological polar surface area (TPSA) is 119 Å². The molecule has 33 heavy (non-hydrogen) atoms. The Hall–Kier alpha value is -3.53. The predicted octanol–water partition coefficient (Wildman–Crippen LogP) is 4.34. The number of nitrogens with zero attached hydrogens (tertiary/aromatic N) is 2. The van der Waals surface area contributed by atoms with E-state index in [1.807, 2.05) is 0 Å². The number of halogens is 1. The molecule has 0 bridgehead atoms. The number of barbiturate groups is 1. The van der Waals surface area contributed by atoms with Crippen molar-refractivity contribution in [1.82, 2.24) is 10.2 Å². The number of nitro groups is 1. The van der Waals surface area contributed by atoms with Crippen LogP contribution < -0.4 is 10.1 Å². The van der Waals surface area contributed by atoms with E-state index in [0.29, 0.717) is 15.8 Å². The van der Waals surface area contributed by atoms with Gasteiger partial charge in [0, 0.05) is 18.2 Å². The first-order valence-electron chi connectivity index (χ1n) is 10.4. The van der Waals surface area contributed by atoms with Crippen molar-refractivity contribution in [3.05, 3.63) is 73.8 Å². The van der Waals surface area contributed by atoms with Crippen LogP contribution in [-0.4, -0.2) is 33.7 Å². The van der Waals surface area contributed by atoms with Gasteiger partial charge in [-0.15, -0.1) is 0 Å². The third-order valence-electron chi connectivity index (χ3n) is 5.63. The number of carbonyl (C=O) groups excluding carboxylic acids is 3. The van der Waals surface area contributed by atoms with Crippen molar-refractivity contribution >= 4 is 45.5 Å². The lowest BCUT2D eigenvalue weighted by Gasteiger charge is -2.31. The van der Waals surface area contributed by atoms with Crippen LogP contribution in [0.25, 0.3) is 6.08 Å². The van der Waals surface area contributed by atoms with E-state index in [0.717, 1.165) is 36.1 Å². The molecule has 0 atom stereocenters. The Labute approximate surface area is 197 Å². The minimum atomic E-state index is -0.714. The fourth-order valence-electron chi connectivity index (χ4n) is 3.93. The van der Waals surface area contributed by atoms with Crippen LogP contribution in [0.2, 0.25) is 0 Å². The standard InChI is InChI=1S/C23H20BrN3O6/c24-19-12-15(7-10-20(19)33-13-14-5-8-17(9-6-14)27(31)32)11-18-21(28)25-23(30)26(22(18)29)16-3-1-2-4-16/h5-12,16H,1-4,13H2,(H,25,28,30)/b18-11+. The summed E-state index contributed by atoms with van der Waals surface area (Å²) >= 11 is 3.43. The second kappa shape index (κ2) is 9.53. The summed E-state index contributed by atoms with van der Waals surface area (Å²) in [5.74, 6) is -0.767. The molecule has 0 aromatic heterocycles. The summed E-state index contributed by atoms with van der Waals surface area (Å²) in [5, 5.41) is 13.0. The molecule has 2 aliphatic rings. The van der Waals surface area contributed by atoms with Gasteiger partial charge in [0.15, 0.2) is 0 Å². The van der Waals surface area contributed by atoms with E-state index >= 15 is 0 Å². The Bertz CT molecular complexity index is 1160. The number of urea groups is 1. The zero-order valence-corrected chi connectivity index (χ0v) is 19.0. The van der Waals surface area contributed by atoms with Crippen molar-refractivity contribution < 1.29 is 24.0 Å². The van der Waals surface area contributed by atoms with Gasteiger partial charge in [0.1, 0.15) is 17.9 Å².